The van der Waals surface area contributed by atoms with E-state index in [1.165, 1.54) is 6.92 Å². The van der Waals surface area contributed by atoms with Crippen LogP contribution in [0.15, 0.2) is 32.7 Å². The van der Waals surface area contributed by atoms with Crippen molar-refractivity contribution < 1.29 is 27.5 Å². The van der Waals surface area contributed by atoms with Crippen LogP contribution in [-0.4, -0.2) is 83.0 Å². The number of aromatic nitrogens is 3. The molecule has 11 nitrogen and oxygen atoms in total. The van der Waals surface area contributed by atoms with Crippen molar-refractivity contribution in [3.8, 4) is 0 Å². The first-order chi connectivity index (χ1) is 18.0. The van der Waals surface area contributed by atoms with Crippen LogP contribution in [0.1, 0.15) is 25.8 Å². The number of hydrogen-bond donors (Lipinski definition) is 1. The van der Waals surface area contributed by atoms with Crippen LogP contribution in [-0.2, 0) is 20.5 Å². The summed E-state index contributed by atoms with van der Waals surface area (Å²) in [5.41, 5.74) is -2.53. The summed E-state index contributed by atoms with van der Waals surface area (Å²) in [6.07, 6.45) is -2.38. The Morgan fingerprint density at radius 3 is 2.76 bits per heavy atom. The Balaban J connectivity index is 1.33. The molecular weight excluding hydrogens is 575 g/mol. The lowest BCUT2D eigenvalue weighted by molar-refractivity contribution is -0.138. The van der Waals surface area contributed by atoms with Crippen LogP contribution >= 0.6 is 15.9 Å². The van der Waals surface area contributed by atoms with Gasteiger partial charge in [-0.25, -0.2) is 10.1 Å². The van der Waals surface area contributed by atoms with Gasteiger partial charge in [-0.2, -0.15) is 18.3 Å². The number of hydrogen-bond acceptors (Lipinski definition) is 8. The number of piperazine rings is 1. The van der Waals surface area contributed by atoms with Crippen LogP contribution in [0, 0.1) is 0 Å². The molecule has 1 atom stereocenters. The third-order valence-corrected chi connectivity index (χ3v) is 6.61. The largest absolute Gasteiger partial charge is 0.423 e. The molecule has 204 valence electrons. The summed E-state index contributed by atoms with van der Waals surface area (Å²) in [5, 5.41) is 5.12. The number of pyridine rings is 1. The van der Waals surface area contributed by atoms with E-state index in [0.717, 1.165) is 16.4 Å². The molecule has 1 saturated heterocycles. The third-order valence-electron chi connectivity index (χ3n) is 6.18. The van der Waals surface area contributed by atoms with Gasteiger partial charge in [0.1, 0.15) is 17.3 Å². The lowest BCUT2D eigenvalue weighted by Crippen LogP contribution is -2.63. The van der Waals surface area contributed by atoms with E-state index in [0.29, 0.717) is 25.5 Å². The maximum atomic E-state index is 13.2. The van der Waals surface area contributed by atoms with Crippen molar-refractivity contribution in [2.24, 2.45) is 4.99 Å². The van der Waals surface area contributed by atoms with Gasteiger partial charge in [-0.15, -0.1) is 0 Å². The summed E-state index contributed by atoms with van der Waals surface area (Å²) in [7, 11) is 0. The molecule has 2 aliphatic rings. The van der Waals surface area contributed by atoms with E-state index in [2.05, 4.69) is 31.0 Å². The van der Waals surface area contributed by atoms with Crippen molar-refractivity contribution in [3.05, 3.63) is 38.9 Å². The number of nitrogens with one attached hydrogen (secondary N) is 1. The van der Waals surface area contributed by atoms with E-state index in [1.807, 2.05) is 17.9 Å². The van der Waals surface area contributed by atoms with E-state index in [9.17, 15) is 27.6 Å². The molecule has 4 rings (SSSR count). The molecular formula is C23H25BrF3N7O4. The van der Waals surface area contributed by atoms with E-state index in [-0.39, 0.29) is 43.7 Å². The normalized spacial score (nSPS) is 17.9. The van der Waals surface area contributed by atoms with Gasteiger partial charge in [0.25, 0.3) is 11.5 Å². The lowest BCUT2D eigenvalue weighted by atomic mass is 10.1. The number of carbonyl (C=O) groups excluding carboxylic acids is 2. The number of aromatic amines is 1. The first kappa shape index (κ1) is 27.7. The van der Waals surface area contributed by atoms with Crippen LogP contribution < -0.4 is 15.4 Å². The Hall–Kier alpha value is -3.33. The molecule has 0 saturated carbocycles. The molecule has 1 N–H and O–H groups in total. The highest BCUT2D eigenvalue weighted by Crippen LogP contribution is 2.37. The molecule has 0 radical (unpaired) electrons. The van der Waals surface area contributed by atoms with Crippen LogP contribution in [0.3, 0.4) is 0 Å². The zero-order valence-corrected chi connectivity index (χ0v) is 22.2. The quantitative estimate of drug-likeness (QED) is 0.383. The Labute approximate surface area is 223 Å². The summed E-state index contributed by atoms with van der Waals surface area (Å²) in [6.45, 7) is 4.71. The number of halogens is 4. The topological polar surface area (TPSA) is 124 Å². The average Bonchev–Trinajstić information content (AvgIpc) is 2.85. The predicted molar refractivity (Wildman–Crippen MR) is 136 cm³/mol. The monoisotopic (exact) mass is 599 g/mol. The van der Waals surface area contributed by atoms with E-state index in [4.69, 9.17) is 4.74 Å². The number of aliphatic imine (C=N–C) groups is 1. The van der Waals surface area contributed by atoms with E-state index in [1.54, 1.807) is 21.1 Å². The molecule has 0 unspecified atom stereocenters. The molecule has 2 aromatic rings. The number of ether oxygens (including phenoxy) is 1. The Morgan fingerprint density at radius 2 is 2.05 bits per heavy atom. The highest BCUT2D eigenvalue weighted by Gasteiger charge is 2.42. The molecule has 0 spiro atoms. The molecule has 4 heterocycles. The second kappa shape index (κ2) is 11.2. The third kappa shape index (κ3) is 5.72. The number of fused-ring (bicyclic) bond motifs is 3. The first-order valence-corrected chi connectivity index (χ1v) is 12.6. The summed E-state index contributed by atoms with van der Waals surface area (Å²) in [5.74, 6) is 0.393. The Kier molecular flexibility index (Phi) is 8.16. The highest BCUT2D eigenvalue weighted by atomic mass is 79.9. The SMILES string of the molecule is CCN1C(=O)[C@H]2CN(C(=O)CCOC/C(C)=N\c3cn[nH]c(=O)c3C(F)(F)F)CCN2c2ncc(Br)cc21. The predicted octanol–water partition coefficient (Wildman–Crippen LogP) is 2.53. The molecule has 1 fully saturated rings. The van der Waals surface area contributed by atoms with Crippen LogP contribution in [0.4, 0.5) is 30.4 Å². The first-order valence-electron chi connectivity index (χ1n) is 11.8. The number of carbonyl (C=O) groups is 2. The Morgan fingerprint density at radius 1 is 1.29 bits per heavy atom. The fourth-order valence-corrected chi connectivity index (χ4v) is 4.78. The van der Waals surface area contributed by atoms with Crippen molar-refractivity contribution in [3.63, 3.8) is 0 Å². The number of H-pyrrole nitrogens is 1. The van der Waals surface area contributed by atoms with Crippen molar-refractivity contribution >= 4 is 50.6 Å². The zero-order valence-electron chi connectivity index (χ0n) is 20.6. The van der Waals surface area contributed by atoms with Gasteiger partial charge in [0.05, 0.1) is 38.1 Å². The van der Waals surface area contributed by atoms with Crippen LogP contribution in [0.25, 0.3) is 0 Å². The molecule has 0 aromatic carbocycles. The second-order valence-corrected chi connectivity index (χ2v) is 9.65. The van der Waals surface area contributed by atoms with Crippen molar-refractivity contribution in [1.82, 2.24) is 20.1 Å². The fraction of sp³-hybridized carbons (Fsp3) is 0.478. The van der Waals surface area contributed by atoms with E-state index >= 15 is 0 Å². The number of rotatable bonds is 7. The van der Waals surface area contributed by atoms with Gasteiger partial charge in [0.15, 0.2) is 5.82 Å². The number of likely N-dealkylation sites (N-methyl/N-ethyl adjacent to an activating group) is 1. The molecule has 2 aliphatic heterocycles. The maximum Gasteiger partial charge on any atom is 0.423 e. The minimum atomic E-state index is -4.89. The zero-order chi connectivity index (χ0) is 27.6. The number of amides is 2. The van der Waals surface area contributed by atoms with Gasteiger partial charge in [0, 0.05) is 36.0 Å². The fourth-order valence-electron chi connectivity index (χ4n) is 4.46. The Bertz CT molecular complexity index is 1320. The number of alkyl halides is 3. The molecule has 2 amide bonds. The molecule has 15 heteroatoms. The average molecular weight is 600 g/mol. The van der Waals surface area contributed by atoms with Gasteiger partial charge < -0.3 is 19.4 Å². The molecule has 2 aromatic heterocycles. The summed E-state index contributed by atoms with van der Waals surface area (Å²) < 4.78 is 45.7. The lowest BCUT2D eigenvalue weighted by Gasteiger charge is -2.47. The van der Waals surface area contributed by atoms with Crippen LogP contribution in [0.5, 0.6) is 0 Å². The van der Waals surface area contributed by atoms with Gasteiger partial charge in [-0.1, -0.05) is 0 Å². The van der Waals surface area contributed by atoms with E-state index < -0.39 is 29.0 Å². The summed E-state index contributed by atoms with van der Waals surface area (Å²) in [6, 6.07) is 1.31. The summed E-state index contributed by atoms with van der Waals surface area (Å²) >= 11 is 3.40. The smallest absolute Gasteiger partial charge is 0.375 e. The van der Waals surface area contributed by atoms with Crippen molar-refractivity contribution in [2.45, 2.75) is 32.5 Å². The van der Waals surface area contributed by atoms with Crippen molar-refractivity contribution in [1.29, 1.82) is 0 Å². The highest BCUT2D eigenvalue weighted by molar-refractivity contribution is 9.10. The van der Waals surface area contributed by atoms with Crippen molar-refractivity contribution in [2.75, 3.05) is 49.2 Å². The molecule has 0 aliphatic carbocycles. The van der Waals surface area contributed by atoms with Gasteiger partial charge in [-0.05, 0) is 35.8 Å². The van der Waals surface area contributed by atoms with Gasteiger partial charge >= 0.3 is 6.18 Å². The van der Waals surface area contributed by atoms with Gasteiger partial charge in [-0.3, -0.25) is 19.4 Å². The standard InChI is InChI=1S/C23H25BrF3N7O4/c1-3-33-16-8-14(24)9-28-20(16)34-6-5-32(11-17(34)22(33)37)18(35)4-7-38-12-13(2)30-15-10-29-31-21(36)19(15)23(25,26)27/h8-10,17H,3-7,11-12H2,1-2H3,(H,31,36)/b30-13-/t17-/m1/s1. The minimum absolute atomic E-state index is 0.00374. The summed E-state index contributed by atoms with van der Waals surface area (Å²) in [4.78, 5) is 51.1. The maximum absolute atomic E-state index is 13.2. The second-order valence-electron chi connectivity index (χ2n) is 8.73. The van der Waals surface area contributed by atoms with Gasteiger partial charge in [0.2, 0.25) is 5.91 Å². The number of nitrogens with zero attached hydrogens (tertiary/aromatic N) is 6. The number of anilines is 2. The molecule has 38 heavy (non-hydrogen) atoms. The minimum Gasteiger partial charge on any atom is -0.375 e. The van der Waals surface area contributed by atoms with Crippen LogP contribution in [0.2, 0.25) is 0 Å². The molecule has 0 bridgehead atoms.